The van der Waals surface area contributed by atoms with Crippen LogP contribution in [-0.4, -0.2) is 21.0 Å². The van der Waals surface area contributed by atoms with Crippen LogP contribution in [0, 0.1) is 0 Å². The van der Waals surface area contributed by atoms with Gasteiger partial charge in [-0.3, -0.25) is 4.79 Å². The normalized spacial score (nSPS) is 10.6. The second-order valence-electron chi connectivity index (χ2n) is 4.71. The number of aryl methyl sites for hydroxylation is 2. The van der Waals surface area contributed by atoms with Crippen LogP contribution >= 0.6 is 15.9 Å². The van der Waals surface area contributed by atoms with Crippen LogP contribution in [0.4, 0.5) is 0 Å². The van der Waals surface area contributed by atoms with E-state index in [2.05, 4.69) is 25.9 Å². The number of carboxylic acids is 1. The Hall–Kier alpha value is -1.75. The molecule has 4 nitrogen and oxygen atoms in total. The first kappa shape index (κ1) is 15.6. The molecule has 0 amide bonds. The number of benzene rings is 1. The molecule has 1 heterocycles. The van der Waals surface area contributed by atoms with E-state index in [0.717, 1.165) is 27.0 Å². The Morgan fingerprint density at radius 3 is 2.29 bits per heavy atom. The highest BCUT2D eigenvalue weighted by Crippen LogP contribution is 2.23. The molecule has 0 atom stereocenters. The van der Waals surface area contributed by atoms with Gasteiger partial charge in [-0.05, 0) is 25.0 Å². The molecule has 2 rings (SSSR count). The number of hydrogen-bond donors (Lipinski definition) is 1. The molecule has 1 aromatic heterocycles. The zero-order valence-corrected chi connectivity index (χ0v) is 13.6. The highest BCUT2D eigenvalue weighted by molar-refractivity contribution is 9.10. The summed E-state index contributed by atoms with van der Waals surface area (Å²) in [4.78, 5) is 20.2. The summed E-state index contributed by atoms with van der Waals surface area (Å²) in [7, 11) is 0. The fourth-order valence-electron chi connectivity index (χ4n) is 2.28. The molecule has 0 spiro atoms. The van der Waals surface area contributed by atoms with Crippen molar-refractivity contribution in [3.8, 4) is 11.4 Å². The van der Waals surface area contributed by atoms with Crippen molar-refractivity contribution >= 4 is 21.9 Å². The molecule has 1 aromatic carbocycles. The lowest BCUT2D eigenvalue weighted by molar-refractivity contribution is -0.136. The van der Waals surface area contributed by atoms with Gasteiger partial charge in [0.2, 0.25) is 0 Å². The van der Waals surface area contributed by atoms with E-state index in [9.17, 15) is 4.79 Å². The first-order valence-electron chi connectivity index (χ1n) is 6.91. The van der Waals surface area contributed by atoms with Gasteiger partial charge in [-0.25, -0.2) is 9.97 Å². The summed E-state index contributed by atoms with van der Waals surface area (Å²) in [5.41, 5.74) is 3.32. The Labute approximate surface area is 132 Å². The van der Waals surface area contributed by atoms with Crippen molar-refractivity contribution in [1.29, 1.82) is 0 Å². The maximum absolute atomic E-state index is 11.0. The summed E-state index contributed by atoms with van der Waals surface area (Å²) < 4.78 is 0.967. The smallest absolute Gasteiger partial charge is 0.307 e. The zero-order chi connectivity index (χ0) is 15.4. The van der Waals surface area contributed by atoms with E-state index in [-0.39, 0.29) is 6.42 Å². The van der Waals surface area contributed by atoms with Gasteiger partial charge in [-0.2, -0.15) is 0 Å². The SMILES string of the molecule is CCc1nc(-c2cccc(Br)c2)nc(CC)c1CC(=O)O. The molecule has 0 aliphatic rings. The van der Waals surface area contributed by atoms with Crippen molar-refractivity contribution in [1.82, 2.24) is 9.97 Å². The molecule has 110 valence electrons. The maximum Gasteiger partial charge on any atom is 0.307 e. The van der Waals surface area contributed by atoms with E-state index in [0.29, 0.717) is 18.7 Å². The van der Waals surface area contributed by atoms with Gasteiger partial charge in [0, 0.05) is 27.0 Å². The van der Waals surface area contributed by atoms with Gasteiger partial charge in [-0.1, -0.05) is 41.9 Å². The number of carboxylic acid groups (broad SMARTS) is 1. The molecular formula is C16H17BrN2O2. The fraction of sp³-hybridized carbons (Fsp3) is 0.312. The summed E-state index contributed by atoms with van der Waals surface area (Å²) >= 11 is 3.44. The lowest BCUT2D eigenvalue weighted by Gasteiger charge is -2.12. The maximum atomic E-state index is 11.0. The lowest BCUT2D eigenvalue weighted by atomic mass is 10.0. The number of aliphatic carboxylic acids is 1. The Bertz CT molecular complexity index is 646. The molecule has 0 unspecified atom stereocenters. The van der Waals surface area contributed by atoms with Gasteiger partial charge < -0.3 is 5.11 Å². The predicted octanol–water partition coefficient (Wildman–Crippen LogP) is 3.66. The molecule has 0 radical (unpaired) electrons. The number of aromatic nitrogens is 2. The molecule has 0 bridgehead atoms. The molecule has 5 heteroatoms. The zero-order valence-electron chi connectivity index (χ0n) is 12.1. The van der Waals surface area contributed by atoms with Crippen LogP contribution in [0.5, 0.6) is 0 Å². The largest absolute Gasteiger partial charge is 0.481 e. The fourth-order valence-corrected chi connectivity index (χ4v) is 2.68. The van der Waals surface area contributed by atoms with Gasteiger partial charge in [0.15, 0.2) is 5.82 Å². The second-order valence-corrected chi connectivity index (χ2v) is 5.62. The summed E-state index contributed by atoms with van der Waals surface area (Å²) in [6.45, 7) is 3.97. The molecule has 1 N–H and O–H groups in total. The Morgan fingerprint density at radius 2 is 1.81 bits per heavy atom. The minimum absolute atomic E-state index is 0.0227. The molecule has 0 saturated carbocycles. The van der Waals surface area contributed by atoms with Gasteiger partial charge in [-0.15, -0.1) is 0 Å². The van der Waals surface area contributed by atoms with Crippen LogP contribution in [0.15, 0.2) is 28.7 Å². The lowest BCUT2D eigenvalue weighted by Crippen LogP contribution is -2.11. The quantitative estimate of drug-likeness (QED) is 0.895. The third-order valence-electron chi connectivity index (χ3n) is 3.26. The molecule has 0 aliphatic heterocycles. The van der Waals surface area contributed by atoms with E-state index in [4.69, 9.17) is 5.11 Å². The number of carbonyl (C=O) groups is 1. The van der Waals surface area contributed by atoms with Crippen molar-refractivity contribution in [2.75, 3.05) is 0 Å². The van der Waals surface area contributed by atoms with E-state index < -0.39 is 5.97 Å². The highest BCUT2D eigenvalue weighted by Gasteiger charge is 2.15. The second kappa shape index (κ2) is 6.80. The molecule has 21 heavy (non-hydrogen) atoms. The molecular weight excluding hydrogens is 332 g/mol. The standard InChI is InChI=1S/C16H17BrN2O2/c1-3-13-12(9-15(20)21)14(4-2)19-16(18-13)10-6-5-7-11(17)8-10/h5-8H,3-4,9H2,1-2H3,(H,20,21). The molecule has 0 fully saturated rings. The van der Waals surface area contributed by atoms with Crippen LogP contribution in [-0.2, 0) is 24.1 Å². The van der Waals surface area contributed by atoms with Gasteiger partial charge in [0.1, 0.15) is 0 Å². The average Bonchev–Trinajstić information content (AvgIpc) is 2.46. The van der Waals surface area contributed by atoms with Crippen molar-refractivity contribution in [3.05, 3.63) is 45.7 Å². The first-order valence-corrected chi connectivity index (χ1v) is 7.70. The van der Waals surface area contributed by atoms with Crippen molar-refractivity contribution in [2.24, 2.45) is 0 Å². The van der Waals surface area contributed by atoms with Crippen LogP contribution in [0.2, 0.25) is 0 Å². The van der Waals surface area contributed by atoms with Crippen molar-refractivity contribution < 1.29 is 9.90 Å². The Balaban J connectivity index is 2.57. The topological polar surface area (TPSA) is 63.1 Å². The van der Waals surface area contributed by atoms with Gasteiger partial charge in [0.05, 0.1) is 6.42 Å². The Kier molecular flexibility index (Phi) is 5.07. The van der Waals surface area contributed by atoms with E-state index >= 15 is 0 Å². The first-order chi connectivity index (χ1) is 10.0. The van der Waals surface area contributed by atoms with Crippen LogP contribution < -0.4 is 0 Å². The predicted molar refractivity (Wildman–Crippen MR) is 85.3 cm³/mol. The Morgan fingerprint density at radius 1 is 1.19 bits per heavy atom. The van der Waals surface area contributed by atoms with Crippen LogP contribution in [0.25, 0.3) is 11.4 Å². The minimum Gasteiger partial charge on any atom is -0.481 e. The van der Waals surface area contributed by atoms with E-state index in [1.807, 2.05) is 38.1 Å². The molecule has 0 saturated heterocycles. The van der Waals surface area contributed by atoms with E-state index in [1.165, 1.54) is 0 Å². The molecule has 0 aliphatic carbocycles. The van der Waals surface area contributed by atoms with Crippen LogP contribution in [0.3, 0.4) is 0 Å². The average molecular weight is 349 g/mol. The van der Waals surface area contributed by atoms with Crippen molar-refractivity contribution in [3.63, 3.8) is 0 Å². The summed E-state index contributed by atoms with van der Waals surface area (Å²) in [6, 6.07) is 7.80. The van der Waals surface area contributed by atoms with Gasteiger partial charge in [0.25, 0.3) is 0 Å². The summed E-state index contributed by atoms with van der Waals surface area (Å²) in [5, 5.41) is 9.07. The van der Waals surface area contributed by atoms with Gasteiger partial charge >= 0.3 is 5.97 Å². The van der Waals surface area contributed by atoms with Crippen LogP contribution in [0.1, 0.15) is 30.8 Å². The summed E-state index contributed by atoms with van der Waals surface area (Å²) in [6.07, 6.45) is 1.36. The number of rotatable bonds is 5. The number of hydrogen-bond acceptors (Lipinski definition) is 3. The number of halogens is 1. The molecule has 2 aromatic rings. The monoisotopic (exact) mass is 348 g/mol. The summed E-state index contributed by atoms with van der Waals surface area (Å²) in [5.74, 6) is -0.197. The number of nitrogens with zero attached hydrogens (tertiary/aromatic N) is 2. The highest BCUT2D eigenvalue weighted by atomic mass is 79.9. The van der Waals surface area contributed by atoms with E-state index in [1.54, 1.807) is 0 Å². The minimum atomic E-state index is -0.849. The third-order valence-corrected chi connectivity index (χ3v) is 3.75. The van der Waals surface area contributed by atoms with Crippen molar-refractivity contribution in [2.45, 2.75) is 33.1 Å². The third kappa shape index (κ3) is 3.67.